The van der Waals surface area contributed by atoms with Crippen LogP contribution in [0.2, 0.25) is 0 Å². The Bertz CT molecular complexity index is 1320. The van der Waals surface area contributed by atoms with E-state index in [1.807, 2.05) is 60.0 Å². The predicted octanol–water partition coefficient (Wildman–Crippen LogP) is 6.57. The lowest BCUT2D eigenvalue weighted by molar-refractivity contribution is 0.483. The minimum absolute atomic E-state index is 0.759. The normalized spacial score (nSPS) is 10.9. The summed E-state index contributed by atoms with van der Waals surface area (Å²) < 4.78 is 12.2. The standard InChI is InChI=1S/C25H21N5OS2/c1-2-30-24(21-10-6-7-11-23(21)31-20-8-4-3-5-9-20)27-28-25(30)32-16-18-12-14-19(15-13-18)22-17-33-29-26-22/h3-15,17H,2,16H2,1H3. The molecular formula is C25H21N5OS2. The van der Waals surface area contributed by atoms with Crippen molar-refractivity contribution >= 4 is 23.3 Å². The highest BCUT2D eigenvalue weighted by molar-refractivity contribution is 7.98. The molecule has 0 saturated carbocycles. The molecule has 0 N–H and O–H groups in total. The maximum Gasteiger partial charge on any atom is 0.191 e. The molecule has 6 nitrogen and oxygen atoms in total. The zero-order chi connectivity index (χ0) is 22.5. The molecule has 0 bridgehead atoms. The van der Waals surface area contributed by atoms with Gasteiger partial charge in [-0.05, 0) is 48.3 Å². The molecule has 0 saturated heterocycles. The Morgan fingerprint density at radius 1 is 0.879 bits per heavy atom. The number of benzene rings is 3. The second-order valence-corrected chi connectivity index (χ2v) is 8.79. The molecule has 5 aromatic rings. The van der Waals surface area contributed by atoms with Crippen molar-refractivity contribution in [3.63, 3.8) is 0 Å². The number of nitrogens with zero attached hydrogens (tertiary/aromatic N) is 5. The third kappa shape index (κ3) is 4.81. The van der Waals surface area contributed by atoms with Gasteiger partial charge >= 0.3 is 0 Å². The van der Waals surface area contributed by atoms with Gasteiger partial charge in [0.05, 0.1) is 5.56 Å². The van der Waals surface area contributed by atoms with Crippen molar-refractivity contribution in [1.82, 2.24) is 24.4 Å². The lowest BCUT2D eigenvalue weighted by Crippen LogP contribution is -2.01. The topological polar surface area (TPSA) is 65.7 Å². The number of para-hydroxylation sites is 2. The second-order valence-electron chi connectivity index (χ2n) is 7.24. The van der Waals surface area contributed by atoms with Gasteiger partial charge < -0.3 is 9.30 Å². The summed E-state index contributed by atoms with van der Waals surface area (Å²) in [5.41, 5.74) is 4.12. The lowest BCUT2D eigenvalue weighted by atomic mass is 10.1. The molecule has 8 heteroatoms. The van der Waals surface area contributed by atoms with Crippen molar-refractivity contribution in [2.45, 2.75) is 24.4 Å². The summed E-state index contributed by atoms with van der Waals surface area (Å²) in [5.74, 6) is 3.15. The molecule has 0 aliphatic rings. The van der Waals surface area contributed by atoms with Crippen LogP contribution in [0.4, 0.5) is 0 Å². The quantitative estimate of drug-likeness (QED) is 0.239. The molecule has 0 aliphatic carbocycles. The highest BCUT2D eigenvalue weighted by Crippen LogP contribution is 2.34. The smallest absolute Gasteiger partial charge is 0.191 e. The third-order valence-electron chi connectivity index (χ3n) is 5.11. The highest BCUT2D eigenvalue weighted by Gasteiger charge is 2.17. The first-order chi connectivity index (χ1) is 16.3. The van der Waals surface area contributed by atoms with Crippen LogP contribution < -0.4 is 4.74 Å². The molecule has 3 aromatic carbocycles. The maximum absolute atomic E-state index is 6.15. The fourth-order valence-corrected chi connectivity index (χ4v) is 4.87. The minimum Gasteiger partial charge on any atom is -0.457 e. The number of rotatable bonds is 8. The van der Waals surface area contributed by atoms with Gasteiger partial charge in [-0.1, -0.05) is 70.8 Å². The number of thioether (sulfide) groups is 1. The Hall–Kier alpha value is -3.49. The van der Waals surface area contributed by atoms with E-state index in [2.05, 4.69) is 55.5 Å². The van der Waals surface area contributed by atoms with Crippen LogP contribution in [0.1, 0.15) is 12.5 Å². The first-order valence-corrected chi connectivity index (χ1v) is 12.4. The van der Waals surface area contributed by atoms with E-state index in [1.54, 1.807) is 11.8 Å². The maximum atomic E-state index is 6.15. The molecule has 33 heavy (non-hydrogen) atoms. The summed E-state index contributed by atoms with van der Waals surface area (Å²) in [4.78, 5) is 0. The highest BCUT2D eigenvalue weighted by atomic mass is 32.2. The van der Waals surface area contributed by atoms with Crippen LogP contribution in [0.15, 0.2) is 89.4 Å². The van der Waals surface area contributed by atoms with Crippen molar-refractivity contribution < 1.29 is 4.74 Å². The van der Waals surface area contributed by atoms with Gasteiger partial charge in [-0.15, -0.1) is 15.3 Å². The first-order valence-electron chi connectivity index (χ1n) is 10.6. The number of ether oxygens (including phenoxy) is 1. The Balaban J connectivity index is 1.35. The Labute approximate surface area is 200 Å². The summed E-state index contributed by atoms with van der Waals surface area (Å²) in [6.45, 7) is 2.87. The van der Waals surface area contributed by atoms with Gasteiger partial charge in [-0.25, -0.2) is 0 Å². The Morgan fingerprint density at radius 3 is 2.42 bits per heavy atom. The van der Waals surface area contributed by atoms with E-state index in [1.165, 1.54) is 17.1 Å². The summed E-state index contributed by atoms with van der Waals surface area (Å²) >= 11 is 3.04. The summed E-state index contributed by atoms with van der Waals surface area (Å²) in [7, 11) is 0. The van der Waals surface area contributed by atoms with Crippen molar-refractivity contribution in [3.8, 4) is 34.1 Å². The van der Waals surface area contributed by atoms with E-state index in [4.69, 9.17) is 4.74 Å². The number of hydrogen-bond donors (Lipinski definition) is 0. The van der Waals surface area contributed by atoms with E-state index in [9.17, 15) is 0 Å². The molecule has 2 aromatic heterocycles. The van der Waals surface area contributed by atoms with Crippen LogP contribution >= 0.6 is 23.3 Å². The van der Waals surface area contributed by atoms with Crippen LogP contribution in [-0.4, -0.2) is 24.4 Å². The second kappa shape index (κ2) is 9.97. The van der Waals surface area contributed by atoms with E-state index in [0.717, 1.165) is 51.6 Å². The Morgan fingerprint density at radius 2 is 1.67 bits per heavy atom. The molecule has 0 spiro atoms. The lowest BCUT2D eigenvalue weighted by Gasteiger charge is -2.12. The fourth-order valence-electron chi connectivity index (χ4n) is 3.45. The molecule has 2 heterocycles. The first kappa shape index (κ1) is 21.4. The van der Waals surface area contributed by atoms with Crippen molar-refractivity contribution in [2.75, 3.05) is 0 Å². The van der Waals surface area contributed by atoms with Gasteiger partial charge in [0.1, 0.15) is 17.2 Å². The molecule has 164 valence electrons. The molecular weight excluding hydrogens is 450 g/mol. The van der Waals surface area contributed by atoms with Gasteiger partial charge in [-0.3, -0.25) is 0 Å². The molecule has 0 atom stereocenters. The van der Waals surface area contributed by atoms with Crippen LogP contribution in [0.5, 0.6) is 11.5 Å². The van der Waals surface area contributed by atoms with Crippen LogP contribution in [0.25, 0.3) is 22.6 Å². The van der Waals surface area contributed by atoms with Gasteiger partial charge in [-0.2, -0.15) is 0 Å². The molecule has 0 unspecified atom stereocenters. The van der Waals surface area contributed by atoms with Crippen molar-refractivity contribution in [2.24, 2.45) is 0 Å². The zero-order valence-electron chi connectivity index (χ0n) is 18.0. The number of aromatic nitrogens is 5. The fraction of sp³-hybridized carbons (Fsp3) is 0.120. The largest absolute Gasteiger partial charge is 0.457 e. The van der Waals surface area contributed by atoms with E-state index >= 15 is 0 Å². The van der Waals surface area contributed by atoms with Crippen LogP contribution in [-0.2, 0) is 12.3 Å². The Kier molecular flexibility index (Phi) is 6.46. The summed E-state index contributed by atoms with van der Waals surface area (Å²) in [6.07, 6.45) is 0. The molecule has 0 fully saturated rings. The number of hydrogen-bond acceptors (Lipinski definition) is 7. The minimum atomic E-state index is 0.759. The van der Waals surface area contributed by atoms with E-state index in [-0.39, 0.29) is 0 Å². The SMILES string of the molecule is CCn1c(SCc2ccc(-c3csnn3)cc2)nnc1-c1ccccc1Oc1ccccc1. The summed E-state index contributed by atoms with van der Waals surface area (Å²) in [5, 5.41) is 16.0. The molecule has 0 aliphatic heterocycles. The van der Waals surface area contributed by atoms with Crippen molar-refractivity contribution in [1.29, 1.82) is 0 Å². The van der Waals surface area contributed by atoms with Crippen LogP contribution in [0, 0.1) is 0 Å². The molecule has 0 amide bonds. The van der Waals surface area contributed by atoms with Crippen LogP contribution in [0.3, 0.4) is 0 Å². The molecule has 5 rings (SSSR count). The van der Waals surface area contributed by atoms with Gasteiger partial charge in [0.15, 0.2) is 11.0 Å². The third-order valence-corrected chi connectivity index (χ3v) is 6.65. The predicted molar refractivity (Wildman–Crippen MR) is 133 cm³/mol. The van der Waals surface area contributed by atoms with Gasteiger partial charge in [0, 0.05) is 23.2 Å². The molecule has 0 radical (unpaired) electrons. The summed E-state index contributed by atoms with van der Waals surface area (Å²) in [6, 6.07) is 26.1. The average molecular weight is 472 g/mol. The average Bonchev–Trinajstić information content (AvgIpc) is 3.54. The van der Waals surface area contributed by atoms with E-state index in [0.29, 0.717) is 0 Å². The van der Waals surface area contributed by atoms with E-state index < -0.39 is 0 Å². The monoisotopic (exact) mass is 471 g/mol. The zero-order valence-corrected chi connectivity index (χ0v) is 19.6. The van der Waals surface area contributed by atoms with Gasteiger partial charge in [0.2, 0.25) is 0 Å². The van der Waals surface area contributed by atoms with Gasteiger partial charge in [0.25, 0.3) is 0 Å². The van der Waals surface area contributed by atoms with Crippen molar-refractivity contribution in [3.05, 3.63) is 89.8 Å².